The van der Waals surface area contributed by atoms with Gasteiger partial charge in [-0.3, -0.25) is 19.7 Å². The molecule has 1 N–H and O–H groups in total. The highest BCUT2D eigenvalue weighted by Gasteiger charge is 2.27. The first-order chi connectivity index (χ1) is 8.08. The van der Waals surface area contributed by atoms with Crippen LogP contribution >= 0.6 is 0 Å². The highest BCUT2D eigenvalue weighted by Crippen LogP contribution is 2.15. The molecule has 0 spiro atoms. The number of nitrogens with one attached hydrogen (secondary N) is 1. The maximum absolute atomic E-state index is 11.7. The van der Waals surface area contributed by atoms with Crippen molar-refractivity contribution in [3.8, 4) is 0 Å². The van der Waals surface area contributed by atoms with Crippen LogP contribution in [0.1, 0.15) is 30.9 Å². The average Bonchev–Trinajstić information content (AvgIpc) is 2.40. The molecular formula is C11H13N3O3. The summed E-state index contributed by atoms with van der Waals surface area (Å²) < 4.78 is 1.14. The molecule has 1 aromatic heterocycles. The monoisotopic (exact) mass is 235 g/mol. The molecule has 1 aliphatic heterocycles. The zero-order valence-electron chi connectivity index (χ0n) is 9.47. The molecule has 2 amide bonds. The summed E-state index contributed by atoms with van der Waals surface area (Å²) in [5.41, 5.74) is 0.427. The number of rotatable bonds is 1. The Labute approximate surface area is 97.6 Å². The molecule has 6 nitrogen and oxygen atoms in total. The van der Waals surface area contributed by atoms with Gasteiger partial charge < -0.3 is 0 Å². The van der Waals surface area contributed by atoms with E-state index in [1.807, 2.05) is 0 Å². The number of carbonyl (C=O) groups is 2. The number of hydrogen-bond acceptors (Lipinski definition) is 4. The van der Waals surface area contributed by atoms with Crippen LogP contribution in [0.3, 0.4) is 0 Å². The first-order valence-electron chi connectivity index (χ1n) is 5.47. The molecule has 1 saturated heterocycles. The Morgan fingerprint density at radius 3 is 2.88 bits per heavy atom. The Morgan fingerprint density at radius 2 is 2.18 bits per heavy atom. The third kappa shape index (κ3) is 2.41. The number of nitrogens with zero attached hydrogens (tertiary/aromatic N) is 2. The van der Waals surface area contributed by atoms with Crippen molar-refractivity contribution in [2.24, 2.45) is 0 Å². The first kappa shape index (κ1) is 11.5. The second-order valence-electron chi connectivity index (χ2n) is 4.14. The Morgan fingerprint density at radius 1 is 1.41 bits per heavy atom. The van der Waals surface area contributed by atoms with E-state index in [9.17, 15) is 14.4 Å². The van der Waals surface area contributed by atoms with Gasteiger partial charge in [0, 0.05) is 12.5 Å². The van der Waals surface area contributed by atoms with Crippen molar-refractivity contribution in [2.45, 2.75) is 32.2 Å². The van der Waals surface area contributed by atoms with Crippen molar-refractivity contribution in [3.63, 3.8) is 0 Å². The van der Waals surface area contributed by atoms with E-state index in [2.05, 4.69) is 10.4 Å². The Bertz CT molecular complexity index is 521. The van der Waals surface area contributed by atoms with Crippen LogP contribution in [0, 0.1) is 6.92 Å². The second-order valence-corrected chi connectivity index (χ2v) is 4.14. The topological polar surface area (TPSA) is 81.1 Å². The van der Waals surface area contributed by atoms with E-state index < -0.39 is 11.9 Å². The van der Waals surface area contributed by atoms with Crippen LogP contribution in [0.5, 0.6) is 0 Å². The predicted molar refractivity (Wildman–Crippen MR) is 59.3 cm³/mol. The van der Waals surface area contributed by atoms with Gasteiger partial charge in [0.1, 0.15) is 6.04 Å². The van der Waals surface area contributed by atoms with E-state index in [1.54, 1.807) is 6.92 Å². The molecule has 0 aliphatic carbocycles. The lowest BCUT2D eigenvalue weighted by Crippen LogP contribution is -2.38. The lowest BCUT2D eigenvalue weighted by Gasteiger charge is -2.14. The maximum atomic E-state index is 11.7. The van der Waals surface area contributed by atoms with Crippen molar-refractivity contribution in [1.82, 2.24) is 15.1 Å². The van der Waals surface area contributed by atoms with Gasteiger partial charge in [0.25, 0.3) is 11.5 Å². The van der Waals surface area contributed by atoms with E-state index in [0.29, 0.717) is 19.3 Å². The smallest absolute Gasteiger partial charge is 0.267 e. The van der Waals surface area contributed by atoms with E-state index in [-0.39, 0.29) is 11.5 Å². The number of amides is 2. The van der Waals surface area contributed by atoms with Gasteiger partial charge in [0.15, 0.2) is 0 Å². The average molecular weight is 235 g/mol. The summed E-state index contributed by atoms with van der Waals surface area (Å²) in [5, 5.41) is 6.21. The van der Waals surface area contributed by atoms with Crippen LogP contribution in [0.2, 0.25) is 0 Å². The van der Waals surface area contributed by atoms with Gasteiger partial charge in [-0.1, -0.05) is 0 Å². The third-order valence-electron chi connectivity index (χ3n) is 2.70. The van der Waals surface area contributed by atoms with Gasteiger partial charge in [-0.2, -0.15) is 5.10 Å². The van der Waals surface area contributed by atoms with Gasteiger partial charge in [0.05, 0.1) is 6.20 Å². The molecule has 90 valence electrons. The van der Waals surface area contributed by atoms with Crippen LogP contribution in [-0.2, 0) is 9.59 Å². The fourth-order valence-corrected chi connectivity index (χ4v) is 1.85. The van der Waals surface area contributed by atoms with Crippen molar-refractivity contribution in [2.75, 3.05) is 0 Å². The molecule has 0 bridgehead atoms. The summed E-state index contributed by atoms with van der Waals surface area (Å²) in [6.45, 7) is 1.76. The standard InChI is InChI=1S/C11H13N3O3/c1-7-5-10(16)14(12-6-7)8-3-2-4-9(15)13-11(8)17/h5-6,8H,2-4H2,1H3,(H,13,15,17). The minimum absolute atomic E-state index is 0.294. The Balaban J connectivity index is 2.35. The van der Waals surface area contributed by atoms with Crippen LogP contribution in [-0.4, -0.2) is 21.6 Å². The molecule has 0 radical (unpaired) electrons. The third-order valence-corrected chi connectivity index (χ3v) is 2.70. The summed E-state index contributed by atoms with van der Waals surface area (Å²) in [5.74, 6) is -0.747. The predicted octanol–water partition coefficient (Wildman–Crippen LogP) is -0.0805. The Hall–Kier alpha value is -1.98. The van der Waals surface area contributed by atoms with E-state index in [0.717, 1.165) is 10.2 Å². The van der Waals surface area contributed by atoms with Crippen LogP contribution in [0.15, 0.2) is 17.1 Å². The van der Waals surface area contributed by atoms with Gasteiger partial charge in [-0.15, -0.1) is 0 Å². The summed E-state index contributed by atoms with van der Waals surface area (Å²) in [6.07, 6.45) is 2.86. The van der Waals surface area contributed by atoms with Crippen LogP contribution < -0.4 is 10.9 Å². The summed E-state index contributed by atoms with van der Waals surface area (Å²) in [4.78, 5) is 34.6. The molecule has 17 heavy (non-hydrogen) atoms. The second kappa shape index (κ2) is 4.48. The maximum Gasteiger partial charge on any atom is 0.267 e. The van der Waals surface area contributed by atoms with Gasteiger partial charge >= 0.3 is 0 Å². The molecule has 6 heteroatoms. The molecule has 0 aromatic carbocycles. The highest BCUT2D eigenvalue weighted by atomic mass is 16.2. The summed E-state index contributed by atoms with van der Waals surface area (Å²) in [6, 6.07) is 0.738. The lowest BCUT2D eigenvalue weighted by atomic mass is 10.1. The first-order valence-corrected chi connectivity index (χ1v) is 5.47. The number of aromatic nitrogens is 2. The number of aryl methyl sites for hydroxylation is 1. The largest absolute Gasteiger partial charge is 0.295 e. The molecule has 1 aliphatic rings. The van der Waals surface area contributed by atoms with Crippen molar-refractivity contribution in [3.05, 3.63) is 28.2 Å². The Kier molecular flexibility index (Phi) is 3.03. The summed E-state index contributed by atoms with van der Waals surface area (Å²) in [7, 11) is 0. The van der Waals surface area contributed by atoms with Crippen molar-refractivity contribution < 1.29 is 9.59 Å². The van der Waals surface area contributed by atoms with Crippen LogP contribution in [0.4, 0.5) is 0 Å². The van der Waals surface area contributed by atoms with Gasteiger partial charge in [0.2, 0.25) is 5.91 Å². The molecular weight excluding hydrogens is 222 g/mol. The SMILES string of the molecule is Cc1cnn(C2CCCC(=O)NC2=O)c(=O)c1. The molecule has 1 aromatic rings. The minimum atomic E-state index is -0.686. The van der Waals surface area contributed by atoms with E-state index in [4.69, 9.17) is 0 Å². The fourth-order valence-electron chi connectivity index (χ4n) is 1.85. The molecule has 1 atom stereocenters. The highest BCUT2D eigenvalue weighted by molar-refractivity contribution is 5.97. The molecule has 1 fully saturated rings. The number of imide groups is 1. The zero-order valence-corrected chi connectivity index (χ0v) is 9.47. The van der Waals surface area contributed by atoms with Crippen LogP contribution in [0.25, 0.3) is 0 Å². The molecule has 2 heterocycles. The summed E-state index contributed by atoms with van der Waals surface area (Å²) >= 11 is 0. The number of carbonyl (C=O) groups excluding carboxylic acids is 2. The molecule has 2 rings (SSSR count). The quantitative estimate of drug-likeness (QED) is 0.690. The van der Waals surface area contributed by atoms with Crippen molar-refractivity contribution >= 4 is 11.8 Å². The normalized spacial score (nSPS) is 20.9. The van der Waals surface area contributed by atoms with Crippen molar-refractivity contribution in [1.29, 1.82) is 0 Å². The van der Waals surface area contributed by atoms with E-state index >= 15 is 0 Å². The van der Waals surface area contributed by atoms with Gasteiger partial charge in [-0.25, -0.2) is 4.68 Å². The lowest BCUT2D eigenvalue weighted by molar-refractivity contribution is -0.131. The van der Waals surface area contributed by atoms with Gasteiger partial charge in [-0.05, 0) is 25.3 Å². The minimum Gasteiger partial charge on any atom is -0.295 e. The zero-order chi connectivity index (χ0) is 12.4. The van der Waals surface area contributed by atoms with E-state index in [1.165, 1.54) is 12.3 Å². The molecule has 1 unspecified atom stereocenters. The fraction of sp³-hybridized carbons (Fsp3) is 0.455. The number of hydrogen-bond donors (Lipinski definition) is 1. The molecule has 0 saturated carbocycles.